The summed E-state index contributed by atoms with van der Waals surface area (Å²) >= 11 is 12.6. The summed E-state index contributed by atoms with van der Waals surface area (Å²) in [5.41, 5.74) is 7.06. The standard InChI is InChI=1S/C25H27Cl2N3O5.ClH/c1-29(19(15-5-3-2-4-6-15)14-30-12-11-16(31)13-30)25(35)23(20(32)9-10-21(33)34)22-18(28)8-7-17(26)24(22)27;/h2-10,16,19,23,31H,11-14,28H2,1H3,(H,33,34);1H/b10-9+;/t16-,19+,23?;/m0./s1. The molecule has 3 atom stereocenters. The van der Waals surface area contributed by atoms with Gasteiger partial charge in [0, 0.05) is 44.0 Å². The van der Waals surface area contributed by atoms with E-state index >= 15 is 0 Å². The molecule has 4 N–H and O–H groups in total. The number of nitrogens with zero attached hydrogens (tertiary/aromatic N) is 2. The molecule has 1 amide bonds. The number of anilines is 1. The van der Waals surface area contributed by atoms with Gasteiger partial charge in [0.05, 0.1) is 22.2 Å². The summed E-state index contributed by atoms with van der Waals surface area (Å²) in [6, 6.07) is 11.7. The maximum Gasteiger partial charge on any atom is 0.328 e. The number of hydrogen-bond acceptors (Lipinski definition) is 6. The number of rotatable bonds is 9. The third kappa shape index (κ3) is 6.99. The lowest BCUT2D eigenvalue weighted by molar-refractivity contribution is -0.138. The Balaban J connectivity index is 0.00000456. The molecule has 1 unspecified atom stereocenters. The molecule has 1 aliphatic heterocycles. The Morgan fingerprint density at radius 3 is 2.42 bits per heavy atom. The van der Waals surface area contributed by atoms with Crippen LogP contribution in [0, 0.1) is 0 Å². The van der Waals surface area contributed by atoms with Crippen molar-refractivity contribution in [1.29, 1.82) is 0 Å². The molecule has 0 bridgehead atoms. The van der Waals surface area contributed by atoms with E-state index in [4.69, 9.17) is 34.0 Å². The minimum atomic E-state index is -1.50. The quantitative estimate of drug-likeness (QED) is 0.245. The maximum absolute atomic E-state index is 13.9. The summed E-state index contributed by atoms with van der Waals surface area (Å²) in [5, 5.41) is 19.0. The van der Waals surface area contributed by atoms with E-state index in [1.807, 2.05) is 35.2 Å². The summed E-state index contributed by atoms with van der Waals surface area (Å²) in [6.45, 7) is 1.57. The van der Waals surface area contributed by atoms with E-state index in [0.29, 0.717) is 32.1 Å². The first-order chi connectivity index (χ1) is 16.6. The predicted octanol–water partition coefficient (Wildman–Crippen LogP) is 3.56. The van der Waals surface area contributed by atoms with Gasteiger partial charge in [-0.25, -0.2) is 4.79 Å². The fourth-order valence-corrected chi connectivity index (χ4v) is 4.66. The summed E-state index contributed by atoms with van der Waals surface area (Å²) < 4.78 is 0. The number of carboxylic acids is 1. The van der Waals surface area contributed by atoms with Crippen LogP contribution in [0.25, 0.3) is 0 Å². The summed E-state index contributed by atoms with van der Waals surface area (Å²) in [4.78, 5) is 41.6. The molecule has 8 nitrogen and oxygen atoms in total. The molecule has 0 aromatic heterocycles. The number of benzene rings is 2. The molecule has 0 aliphatic carbocycles. The molecule has 1 aliphatic rings. The highest BCUT2D eigenvalue weighted by atomic mass is 35.5. The largest absolute Gasteiger partial charge is 0.478 e. The minimum absolute atomic E-state index is 0. The highest BCUT2D eigenvalue weighted by molar-refractivity contribution is 6.43. The highest BCUT2D eigenvalue weighted by Gasteiger charge is 2.37. The molecule has 1 saturated heterocycles. The second-order valence-corrected chi connectivity index (χ2v) is 9.23. The van der Waals surface area contributed by atoms with Crippen LogP contribution in [0.4, 0.5) is 5.69 Å². The van der Waals surface area contributed by atoms with E-state index < -0.39 is 35.7 Å². The van der Waals surface area contributed by atoms with Crippen molar-refractivity contribution in [3.63, 3.8) is 0 Å². The van der Waals surface area contributed by atoms with Crippen LogP contribution >= 0.6 is 35.6 Å². The van der Waals surface area contributed by atoms with Gasteiger partial charge in [-0.05, 0) is 30.2 Å². The van der Waals surface area contributed by atoms with Gasteiger partial charge in [0.15, 0.2) is 5.78 Å². The number of aliphatic hydroxyl groups is 1. The normalized spacial score (nSPS) is 17.4. The monoisotopic (exact) mass is 555 g/mol. The SMILES string of the molecule is CN(C(=O)C(C(=O)/C=C/C(=O)O)c1c(N)ccc(Cl)c1Cl)[C@H](CN1CC[C@H](O)C1)c1ccccc1.Cl. The number of carbonyl (C=O) groups excluding carboxylic acids is 2. The van der Waals surface area contributed by atoms with Gasteiger partial charge in [0.1, 0.15) is 5.92 Å². The van der Waals surface area contributed by atoms with Crippen molar-refractivity contribution in [2.75, 3.05) is 32.4 Å². The number of nitrogen functional groups attached to an aromatic ring is 1. The predicted molar refractivity (Wildman–Crippen MR) is 142 cm³/mol. The number of carboxylic acid groups (broad SMARTS) is 1. The molecule has 0 spiro atoms. The first-order valence-electron chi connectivity index (χ1n) is 11.0. The Morgan fingerprint density at radius 1 is 1.17 bits per heavy atom. The minimum Gasteiger partial charge on any atom is -0.478 e. The molecule has 1 fully saturated rings. The van der Waals surface area contributed by atoms with Crippen LogP contribution in [-0.4, -0.2) is 70.5 Å². The topological polar surface area (TPSA) is 124 Å². The average molecular weight is 557 g/mol. The molecule has 2 aromatic carbocycles. The second kappa shape index (κ2) is 13.1. The van der Waals surface area contributed by atoms with Crippen LogP contribution in [0.5, 0.6) is 0 Å². The zero-order valence-corrected chi connectivity index (χ0v) is 21.8. The first kappa shape index (κ1) is 29.6. The number of allylic oxidation sites excluding steroid dienone is 1. The summed E-state index contributed by atoms with van der Waals surface area (Å²) in [6.07, 6.45) is 1.68. The Morgan fingerprint density at radius 2 is 1.83 bits per heavy atom. The van der Waals surface area contributed by atoms with Gasteiger partial charge < -0.3 is 20.8 Å². The molecule has 3 rings (SSSR count). The van der Waals surface area contributed by atoms with Crippen molar-refractivity contribution in [3.8, 4) is 0 Å². The Kier molecular flexibility index (Phi) is 10.8. The zero-order chi connectivity index (χ0) is 25.7. The molecule has 0 saturated carbocycles. The van der Waals surface area contributed by atoms with Gasteiger partial charge in [-0.3, -0.25) is 14.5 Å². The Bertz CT molecular complexity index is 1130. The van der Waals surface area contributed by atoms with Crippen LogP contribution in [-0.2, 0) is 14.4 Å². The molecule has 0 radical (unpaired) electrons. The molecular formula is C25H28Cl3N3O5. The number of likely N-dealkylation sites (tertiary alicyclic amines) is 1. The van der Waals surface area contributed by atoms with Gasteiger partial charge in [0.25, 0.3) is 0 Å². The number of amides is 1. The van der Waals surface area contributed by atoms with Crippen LogP contribution in [0.15, 0.2) is 54.6 Å². The van der Waals surface area contributed by atoms with Gasteiger partial charge in [0.2, 0.25) is 5.91 Å². The lowest BCUT2D eigenvalue weighted by atomic mass is 9.90. The van der Waals surface area contributed by atoms with Crippen molar-refractivity contribution in [1.82, 2.24) is 9.80 Å². The third-order valence-corrected chi connectivity index (χ3v) is 6.87. The fraction of sp³-hybridized carbons (Fsp3) is 0.320. The summed E-state index contributed by atoms with van der Waals surface area (Å²) in [5.74, 6) is -4.24. The van der Waals surface area contributed by atoms with Crippen LogP contribution in [0.3, 0.4) is 0 Å². The number of aliphatic hydroxyl groups excluding tert-OH is 1. The number of ketones is 1. The number of β-amino-alcohol motifs (C(OH)–C–C–N with tert-alkyl or cyclic N) is 1. The first-order valence-corrected chi connectivity index (χ1v) is 11.8. The van der Waals surface area contributed by atoms with Gasteiger partial charge in [-0.1, -0.05) is 53.5 Å². The van der Waals surface area contributed by atoms with Crippen molar-refractivity contribution in [2.24, 2.45) is 0 Å². The Hall–Kier alpha value is -2.62. The lowest BCUT2D eigenvalue weighted by Gasteiger charge is -2.34. The number of hydrogen-bond donors (Lipinski definition) is 3. The van der Waals surface area contributed by atoms with Crippen molar-refractivity contribution >= 4 is 59.0 Å². The Labute approximate surface area is 225 Å². The highest BCUT2D eigenvalue weighted by Crippen LogP contribution is 2.38. The van der Waals surface area contributed by atoms with Crippen molar-refractivity contribution in [2.45, 2.75) is 24.5 Å². The molecule has 194 valence electrons. The maximum atomic E-state index is 13.9. The van der Waals surface area contributed by atoms with Crippen LogP contribution in [0.2, 0.25) is 10.0 Å². The van der Waals surface area contributed by atoms with Gasteiger partial charge >= 0.3 is 5.97 Å². The molecule has 11 heteroatoms. The van der Waals surface area contributed by atoms with E-state index in [0.717, 1.165) is 11.6 Å². The van der Waals surface area contributed by atoms with Gasteiger partial charge in [-0.15, -0.1) is 12.4 Å². The van der Waals surface area contributed by atoms with Crippen molar-refractivity contribution < 1.29 is 24.6 Å². The van der Waals surface area contributed by atoms with Gasteiger partial charge in [-0.2, -0.15) is 0 Å². The molecule has 36 heavy (non-hydrogen) atoms. The van der Waals surface area contributed by atoms with E-state index in [1.165, 1.54) is 17.0 Å². The number of aliphatic carboxylic acids is 1. The second-order valence-electron chi connectivity index (χ2n) is 8.45. The van der Waals surface area contributed by atoms with Crippen LogP contribution < -0.4 is 5.73 Å². The molecule has 1 heterocycles. The number of carbonyl (C=O) groups is 3. The number of nitrogens with two attached hydrogens (primary N) is 1. The smallest absolute Gasteiger partial charge is 0.328 e. The van der Waals surface area contributed by atoms with E-state index in [-0.39, 0.29) is 33.7 Å². The van der Waals surface area contributed by atoms with E-state index in [1.54, 1.807) is 7.05 Å². The molecule has 2 aromatic rings. The van der Waals surface area contributed by atoms with E-state index in [2.05, 4.69) is 0 Å². The zero-order valence-electron chi connectivity index (χ0n) is 19.5. The van der Waals surface area contributed by atoms with Crippen LogP contribution in [0.1, 0.15) is 29.5 Å². The number of halogens is 3. The summed E-state index contributed by atoms with van der Waals surface area (Å²) in [7, 11) is 1.57. The average Bonchev–Trinajstić information content (AvgIpc) is 3.25. The lowest BCUT2D eigenvalue weighted by Crippen LogP contribution is -2.42. The third-order valence-electron chi connectivity index (χ3n) is 6.05. The number of likely N-dealkylation sites (N-methyl/N-ethyl adjacent to an activating group) is 1. The van der Waals surface area contributed by atoms with Crippen molar-refractivity contribution in [3.05, 3.63) is 75.8 Å². The van der Waals surface area contributed by atoms with E-state index in [9.17, 15) is 19.5 Å². The molecular weight excluding hydrogens is 529 g/mol. The fourth-order valence-electron chi connectivity index (χ4n) is 4.22.